The Kier molecular flexibility index (Phi) is 5.68. The first-order chi connectivity index (χ1) is 14.5. The molecule has 3 heterocycles. The summed E-state index contributed by atoms with van der Waals surface area (Å²) in [6.45, 7) is 5.97. The molecule has 1 aromatic carbocycles. The predicted octanol–water partition coefficient (Wildman–Crippen LogP) is 5.02. The van der Waals surface area contributed by atoms with E-state index in [9.17, 15) is 0 Å². The fourth-order valence-electron chi connectivity index (χ4n) is 3.38. The molecule has 0 aliphatic carbocycles. The van der Waals surface area contributed by atoms with Gasteiger partial charge in [-0.2, -0.15) is 0 Å². The maximum absolute atomic E-state index is 5.35. The monoisotopic (exact) mass is 399 g/mol. The van der Waals surface area contributed by atoms with E-state index in [4.69, 9.17) is 9.72 Å². The van der Waals surface area contributed by atoms with E-state index in [0.29, 0.717) is 11.5 Å². The minimum Gasteiger partial charge on any atom is -0.381 e. The average molecular weight is 399 g/mol. The highest BCUT2D eigenvalue weighted by atomic mass is 16.5. The number of aromatic nitrogens is 4. The number of ether oxygens (including phenoxy) is 1. The van der Waals surface area contributed by atoms with E-state index in [0.717, 1.165) is 40.3 Å². The second-order valence-corrected chi connectivity index (χ2v) is 7.43. The van der Waals surface area contributed by atoms with Crippen molar-refractivity contribution >= 4 is 22.5 Å². The Balaban J connectivity index is 1.65. The van der Waals surface area contributed by atoms with E-state index in [1.54, 1.807) is 13.3 Å². The van der Waals surface area contributed by atoms with Crippen LogP contribution in [0.1, 0.15) is 23.9 Å². The van der Waals surface area contributed by atoms with Gasteiger partial charge in [-0.25, -0.2) is 15.0 Å². The number of anilines is 2. The zero-order valence-electron chi connectivity index (χ0n) is 17.7. The minimum absolute atomic E-state index is 0.195. The minimum atomic E-state index is 0.195. The van der Waals surface area contributed by atoms with Gasteiger partial charge in [0.1, 0.15) is 11.6 Å². The van der Waals surface area contributed by atoms with Crippen LogP contribution in [0.2, 0.25) is 0 Å². The van der Waals surface area contributed by atoms with Gasteiger partial charge >= 0.3 is 0 Å². The molecule has 0 aliphatic rings. The lowest BCUT2D eigenvalue weighted by molar-refractivity contribution is 0.119. The van der Waals surface area contributed by atoms with Crippen LogP contribution in [0, 0.1) is 13.8 Å². The highest BCUT2D eigenvalue weighted by Gasteiger charge is 2.11. The Bertz CT molecular complexity index is 1170. The molecule has 30 heavy (non-hydrogen) atoms. The van der Waals surface area contributed by atoms with Crippen LogP contribution < -0.4 is 5.32 Å². The zero-order chi connectivity index (χ0) is 21.1. The number of hydrogen-bond acceptors (Lipinski definition) is 6. The predicted molar refractivity (Wildman–Crippen MR) is 120 cm³/mol. The number of nitrogens with one attached hydrogen (secondary N) is 1. The summed E-state index contributed by atoms with van der Waals surface area (Å²) in [5, 5.41) is 4.29. The van der Waals surface area contributed by atoms with Gasteiger partial charge in [-0.15, -0.1) is 0 Å². The summed E-state index contributed by atoms with van der Waals surface area (Å²) in [6.07, 6.45) is 2.86. The van der Waals surface area contributed by atoms with Crippen molar-refractivity contribution in [1.82, 2.24) is 19.9 Å². The van der Waals surface area contributed by atoms with Crippen LogP contribution in [0.15, 0.2) is 54.7 Å². The lowest BCUT2D eigenvalue weighted by Gasteiger charge is -2.12. The Hall–Kier alpha value is -3.38. The lowest BCUT2D eigenvalue weighted by atomic mass is 10.1. The first-order valence-electron chi connectivity index (χ1n) is 9.99. The van der Waals surface area contributed by atoms with E-state index >= 15 is 0 Å². The molecule has 152 valence electrons. The van der Waals surface area contributed by atoms with Gasteiger partial charge in [0, 0.05) is 19.0 Å². The second kappa shape index (κ2) is 8.55. The Morgan fingerprint density at radius 2 is 1.77 bits per heavy atom. The van der Waals surface area contributed by atoms with Gasteiger partial charge in [0.2, 0.25) is 0 Å². The van der Waals surface area contributed by atoms with E-state index in [2.05, 4.69) is 51.5 Å². The summed E-state index contributed by atoms with van der Waals surface area (Å²) < 4.78 is 5.35. The smallest absolute Gasteiger partial charge is 0.165 e. The third kappa shape index (κ3) is 4.28. The van der Waals surface area contributed by atoms with Gasteiger partial charge in [-0.1, -0.05) is 18.2 Å². The van der Waals surface area contributed by atoms with E-state index in [-0.39, 0.29) is 6.10 Å². The molecule has 1 N–H and O–H groups in total. The van der Waals surface area contributed by atoms with Crippen molar-refractivity contribution in [2.45, 2.75) is 33.3 Å². The topological polar surface area (TPSA) is 72.8 Å². The maximum atomic E-state index is 5.35. The van der Waals surface area contributed by atoms with Gasteiger partial charge in [-0.05, 0) is 68.7 Å². The molecule has 0 fully saturated rings. The van der Waals surface area contributed by atoms with Crippen LogP contribution in [0.4, 0.5) is 11.5 Å². The van der Waals surface area contributed by atoms with Crippen LogP contribution in [0.25, 0.3) is 22.4 Å². The van der Waals surface area contributed by atoms with Crippen LogP contribution in [-0.2, 0) is 11.2 Å². The molecule has 3 aromatic heterocycles. The van der Waals surface area contributed by atoms with Crippen molar-refractivity contribution in [2.24, 2.45) is 0 Å². The summed E-state index contributed by atoms with van der Waals surface area (Å²) >= 11 is 0. The summed E-state index contributed by atoms with van der Waals surface area (Å²) in [6, 6.07) is 16.3. The fraction of sp³-hybridized carbons (Fsp3) is 0.250. The molecule has 1 unspecified atom stereocenters. The number of nitrogens with zero attached hydrogens (tertiary/aromatic N) is 4. The number of methoxy groups -OCH3 is 1. The number of pyridine rings is 2. The molecule has 4 rings (SSSR count). The first-order valence-corrected chi connectivity index (χ1v) is 9.99. The number of aryl methyl sites for hydroxylation is 2. The number of rotatable bonds is 6. The lowest BCUT2D eigenvalue weighted by Crippen LogP contribution is -2.08. The van der Waals surface area contributed by atoms with Crippen LogP contribution in [-0.4, -0.2) is 33.1 Å². The molecule has 0 spiro atoms. The summed E-state index contributed by atoms with van der Waals surface area (Å²) in [4.78, 5) is 18.4. The van der Waals surface area contributed by atoms with E-state index in [1.165, 1.54) is 5.56 Å². The van der Waals surface area contributed by atoms with Crippen LogP contribution >= 0.6 is 0 Å². The Morgan fingerprint density at radius 1 is 0.967 bits per heavy atom. The molecule has 1 atom stereocenters. The largest absolute Gasteiger partial charge is 0.381 e. The number of hydrogen-bond donors (Lipinski definition) is 1. The van der Waals surface area contributed by atoms with Crippen molar-refractivity contribution in [3.63, 3.8) is 0 Å². The Labute approximate surface area is 176 Å². The molecule has 0 radical (unpaired) electrons. The van der Waals surface area contributed by atoms with Crippen LogP contribution in [0.5, 0.6) is 0 Å². The SMILES string of the molecule is COC(C)Cc1ccc(Nc2nc(C)nc3nc(-c4ncccc4C)ccc23)cc1. The highest BCUT2D eigenvalue weighted by Crippen LogP contribution is 2.27. The molecule has 4 aromatic rings. The standard InChI is InChI=1S/C24H25N5O/c1-15-6-5-13-25-22(15)21-12-11-20-23(26-17(3)27-24(20)29-21)28-19-9-7-18(8-10-19)14-16(2)30-4/h5-13,16H,14H2,1-4H3,(H,26,27,28,29). The molecular weight excluding hydrogens is 374 g/mol. The fourth-order valence-corrected chi connectivity index (χ4v) is 3.38. The van der Waals surface area contributed by atoms with Crippen molar-refractivity contribution in [3.05, 3.63) is 71.7 Å². The second-order valence-electron chi connectivity index (χ2n) is 7.43. The summed E-state index contributed by atoms with van der Waals surface area (Å²) in [5.41, 5.74) is 5.60. The number of benzene rings is 1. The van der Waals surface area contributed by atoms with Crippen molar-refractivity contribution < 1.29 is 4.74 Å². The average Bonchev–Trinajstić information content (AvgIpc) is 2.75. The van der Waals surface area contributed by atoms with Crippen LogP contribution in [0.3, 0.4) is 0 Å². The number of fused-ring (bicyclic) bond motifs is 1. The maximum Gasteiger partial charge on any atom is 0.165 e. The molecular formula is C24H25N5O. The summed E-state index contributed by atoms with van der Waals surface area (Å²) in [7, 11) is 1.73. The molecule has 0 aliphatic heterocycles. The normalized spacial score (nSPS) is 12.1. The van der Waals surface area contributed by atoms with E-state index < -0.39 is 0 Å². The van der Waals surface area contributed by atoms with Crippen molar-refractivity contribution in [3.8, 4) is 11.4 Å². The quantitative estimate of drug-likeness (QED) is 0.490. The summed E-state index contributed by atoms with van der Waals surface area (Å²) in [5.74, 6) is 1.41. The molecule has 6 heteroatoms. The molecule has 0 amide bonds. The molecule has 0 saturated carbocycles. The van der Waals surface area contributed by atoms with Crippen molar-refractivity contribution in [2.75, 3.05) is 12.4 Å². The van der Waals surface area contributed by atoms with Gasteiger partial charge in [-0.3, -0.25) is 4.98 Å². The Morgan fingerprint density at radius 3 is 2.50 bits per heavy atom. The molecule has 6 nitrogen and oxygen atoms in total. The van der Waals surface area contributed by atoms with Gasteiger partial charge < -0.3 is 10.1 Å². The zero-order valence-corrected chi connectivity index (χ0v) is 17.7. The highest BCUT2D eigenvalue weighted by molar-refractivity contribution is 5.90. The van der Waals surface area contributed by atoms with Gasteiger partial charge in [0.15, 0.2) is 5.65 Å². The first kappa shape index (κ1) is 19.9. The van der Waals surface area contributed by atoms with Crippen molar-refractivity contribution in [1.29, 1.82) is 0 Å². The van der Waals surface area contributed by atoms with Gasteiger partial charge in [0.25, 0.3) is 0 Å². The molecule has 0 saturated heterocycles. The molecule has 0 bridgehead atoms. The van der Waals surface area contributed by atoms with Gasteiger partial charge in [0.05, 0.1) is 22.9 Å². The van der Waals surface area contributed by atoms with E-state index in [1.807, 2.05) is 38.1 Å². The third-order valence-electron chi connectivity index (χ3n) is 5.07. The third-order valence-corrected chi connectivity index (χ3v) is 5.07.